The first kappa shape index (κ1) is 21.0. The van der Waals surface area contributed by atoms with Gasteiger partial charge in [0.05, 0.1) is 31.0 Å². The molecule has 172 valence electrons. The number of nitrogens with two attached hydrogens (primary N) is 1. The molecule has 0 spiro atoms. The number of nitrogen functional groups attached to an aromatic ring is 1. The number of nitrogens with zero attached hydrogens (tertiary/aromatic N) is 5. The molecule has 5 rings (SSSR count). The molecule has 2 bridgehead atoms. The van der Waals surface area contributed by atoms with Crippen molar-refractivity contribution in [1.29, 1.82) is 0 Å². The minimum atomic E-state index is -4.91. The number of rotatable bonds is 4. The van der Waals surface area contributed by atoms with Gasteiger partial charge in [-0.1, -0.05) is 0 Å². The SMILES string of the molecule is CC1(F)CCN(c2nc(-c3cnc(N)c(OC(F)(F)F)c3)cc(N3C[C@@H]4C[C@H]3CO4)n2)C1. The Labute approximate surface area is 181 Å². The second-order valence-corrected chi connectivity index (χ2v) is 8.65. The summed E-state index contributed by atoms with van der Waals surface area (Å²) in [6, 6.07) is 3.00. The van der Waals surface area contributed by atoms with E-state index in [1.54, 1.807) is 11.0 Å². The molecule has 0 radical (unpaired) electrons. The molecule has 8 nitrogen and oxygen atoms in total. The van der Waals surface area contributed by atoms with E-state index in [2.05, 4.69) is 24.6 Å². The topological polar surface area (TPSA) is 89.6 Å². The van der Waals surface area contributed by atoms with Gasteiger partial charge in [0, 0.05) is 37.3 Å². The van der Waals surface area contributed by atoms with Gasteiger partial charge in [-0.25, -0.2) is 14.4 Å². The Balaban J connectivity index is 1.55. The molecule has 3 fully saturated rings. The summed E-state index contributed by atoms with van der Waals surface area (Å²) in [5, 5.41) is 0. The summed E-state index contributed by atoms with van der Waals surface area (Å²) in [5.74, 6) is -0.0637. The van der Waals surface area contributed by atoms with Crippen LogP contribution in [0, 0.1) is 0 Å². The standard InChI is InChI=1S/C20H22F4N6O2/c1-19(21)2-3-29(10-19)18-27-14(6-16(28-18)30-8-13-5-12(30)9-31-13)11-4-15(17(25)26-7-11)32-20(22,23)24/h4,6-7,12-13H,2-3,5,8-10H2,1H3,(H2,25,26)/t12-,13-,19?/m0/s1. The Hall–Kier alpha value is -2.89. The number of hydrogen-bond acceptors (Lipinski definition) is 8. The van der Waals surface area contributed by atoms with Crippen LogP contribution in [-0.4, -0.2) is 65.4 Å². The lowest BCUT2D eigenvalue weighted by molar-refractivity contribution is -0.274. The van der Waals surface area contributed by atoms with E-state index in [0.29, 0.717) is 43.6 Å². The second kappa shape index (κ2) is 7.32. The number of anilines is 3. The van der Waals surface area contributed by atoms with Crippen LogP contribution in [0.4, 0.5) is 35.1 Å². The minimum absolute atomic E-state index is 0.118. The average molecular weight is 454 g/mol. The molecule has 0 amide bonds. The van der Waals surface area contributed by atoms with E-state index in [4.69, 9.17) is 10.5 Å². The molecule has 0 aliphatic carbocycles. The molecule has 12 heteroatoms. The number of alkyl halides is 4. The van der Waals surface area contributed by atoms with Gasteiger partial charge < -0.3 is 25.0 Å². The van der Waals surface area contributed by atoms with Crippen molar-refractivity contribution in [3.05, 3.63) is 18.3 Å². The Bertz CT molecular complexity index is 1030. The summed E-state index contributed by atoms with van der Waals surface area (Å²) in [7, 11) is 0. The zero-order chi connectivity index (χ0) is 22.7. The monoisotopic (exact) mass is 454 g/mol. The van der Waals surface area contributed by atoms with Crippen LogP contribution >= 0.6 is 0 Å². The quantitative estimate of drug-likeness (QED) is 0.706. The van der Waals surface area contributed by atoms with Crippen molar-refractivity contribution in [3.63, 3.8) is 0 Å². The van der Waals surface area contributed by atoms with E-state index >= 15 is 0 Å². The number of pyridine rings is 1. The molecule has 2 aromatic heterocycles. The third kappa shape index (κ3) is 4.10. The van der Waals surface area contributed by atoms with E-state index in [0.717, 1.165) is 12.5 Å². The van der Waals surface area contributed by atoms with E-state index in [9.17, 15) is 17.6 Å². The van der Waals surface area contributed by atoms with Crippen molar-refractivity contribution in [2.75, 3.05) is 41.8 Å². The molecule has 3 saturated heterocycles. The molecule has 3 aliphatic rings. The molecule has 3 atom stereocenters. The van der Waals surface area contributed by atoms with Gasteiger partial charge in [-0.3, -0.25) is 0 Å². The van der Waals surface area contributed by atoms with Gasteiger partial charge in [-0.2, -0.15) is 4.98 Å². The predicted molar refractivity (Wildman–Crippen MR) is 108 cm³/mol. The molecular formula is C20H22F4N6O2. The lowest BCUT2D eigenvalue weighted by Gasteiger charge is -2.29. The van der Waals surface area contributed by atoms with Crippen LogP contribution in [0.1, 0.15) is 19.8 Å². The molecule has 3 aliphatic heterocycles. The fourth-order valence-corrected chi connectivity index (χ4v) is 4.44. The molecule has 0 aromatic carbocycles. The van der Waals surface area contributed by atoms with Crippen molar-refractivity contribution >= 4 is 17.6 Å². The molecule has 5 heterocycles. The summed E-state index contributed by atoms with van der Waals surface area (Å²) in [6.45, 7) is 3.34. The fraction of sp³-hybridized carbons (Fsp3) is 0.550. The third-order valence-corrected chi connectivity index (χ3v) is 6.01. The Kier molecular flexibility index (Phi) is 4.80. The van der Waals surface area contributed by atoms with E-state index in [1.807, 2.05) is 0 Å². The van der Waals surface area contributed by atoms with Gasteiger partial charge in [0.2, 0.25) is 5.95 Å². The summed E-state index contributed by atoms with van der Waals surface area (Å²) in [4.78, 5) is 16.9. The molecule has 32 heavy (non-hydrogen) atoms. The summed E-state index contributed by atoms with van der Waals surface area (Å²) in [5.41, 5.74) is 4.83. The van der Waals surface area contributed by atoms with Crippen LogP contribution in [0.2, 0.25) is 0 Å². The number of hydrogen-bond donors (Lipinski definition) is 1. The highest BCUT2D eigenvalue weighted by molar-refractivity contribution is 5.68. The second-order valence-electron chi connectivity index (χ2n) is 8.65. The summed E-state index contributed by atoms with van der Waals surface area (Å²) in [6.07, 6.45) is -2.24. The van der Waals surface area contributed by atoms with Gasteiger partial charge in [0.25, 0.3) is 0 Å². The van der Waals surface area contributed by atoms with Crippen LogP contribution < -0.4 is 20.3 Å². The maximum absolute atomic E-state index is 14.5. The van der Waals surface area contributed by atoms with Gasteiger partial charge in [-0.15, -0.1) is 13.2 Å². The van der Waals surface area contributed by atoms with Crippen molar-refractivity contribution in [1.82, 2.24) is 15.0 Å². The molecule has 2 N–H and O–H groups in total. The van der Waals surface area contributed by atoms with Crippen LogP contribution in [-0.2, 0) is 4.74 Å². The molecule has 2 aromatic rings. The first-order chi connectivity index (χ1) is 15.1. The van der Waals surface area contributed by atoms with Crippen molar-refractivity contribution in [2.45, 2.75) is 43.9 Å². The molecular weight excluding hydrogens is 432 g/mol. The predicted octanol–water partition coefficient (Wildman–Crippen LogP) is 2.94. The van der Waals surface area contributed by atoms with Gasteiger partial charge >= 0.3 is 6.36 Å². The van der Waals surface area contributed by atoms with Crippen molar-refractivity contribution in [2.24, 2.45) is 0 Å². The average Bonchev–Trinajstić information content (AvgIpc) is 3.44. The van der Waals surface area contributed by atoms with E-state index < -0.39 is 17.8 Å². The number of fused-ring (bicyclic) bond motifs is 2. The molecule has 1 unspecified atom stereocenters. The zero-order valence-corrected chi connectivity index (χ0v) is 17.3. The Morgan fingerprint density at radius 3 is 2.72 bits per heavy atom. The van der Waals surface area contributed by atoms with Gasteiger partial charge in [0.1, 0.15) is 11.5 Å². The number of ether oxygens (including phenoxy) is 2. The Morgan fingerprint density at radius 1 is 1.28 bits per heavy atom. The first-order valence-corrected chi connectivity index (χ1v) is 10.3. The maximum atomic E-state index is 14.5. The largest absolute Gasteiger partial charge is 0.573 e. The fourth-order valence-electron chi connectivity index (χ4n) is 4.44. The minimum Gasteiger partial charge on any atom is -0.402 e. The van der Waals surface area contributed by atoms with Crippen LogP contribution in [0.15, 0.2) is 18.3 Å². The highest BCUT2D eigenvalue weighted by atomic mass is 19.4. The number of halogens is 4. The lowest BCUT2D eigenvalue weighted by atomic mass is 10.1. The van der Waals surface area contributed by atoms with E-state index in [-0.39, 0.29) is 30.1 Å². The Morgan fingerprint density at radius 2 is 2.09 bits per heavy atom. The number of morpholine rings is 1. The van der Waals surface area contributed by atoms with Gasteiger partial charge in [-0.05, 0) is 19.4 Å². The highest BCUT2D eigenvalue weighted by Crippen LogP contribution is 2.37. The third-order valence-electron chi connectivity index (χ3n) is 6.01. The van der Waals surface area contributed by atoms with Gasteiger partial charge in [0.15, 0.2) is 11.6 Å². The first-order valence-electron chi connectivity index (χ1n) is 10.3. The van der Waals surface area contributed by atoms with Crippen molar-refractivity contribution < 1.29 is 27.0 Å². The van der Waals surface area contributed by atoms with Crippen molar-refractivity contribution in [3.8, 4) is 17.0 Å². The zero-order valence-electron chi connectivity index (χ0n) is 17.3. The summed E-state index contributed by atoms with van der Waals surface area (Å²) >= 11 is 0. The lowest BCUT2D eigenvalue weighted by Crippen LogP contribution is -2.38. The molecule has 0 saturated carbocycles. The van der Waals surface area contributed by atoms with E-state index in [1.165, 1.54) is 13.1 Å². The normalized spacial score (nSPS) is 27.4. The maximum Gasteiger partial charge on any atom is 0.573 e. The summed E-state index contributed by atoms with van der Waals surface area (Å²) < 4.78 is 62.4. The smallest absolute Gasteiger partial charge is 0.402 e. The number of aromatic nitrogens is 3. The van der Waals surface area contributed by atoms with Crippen LogP contribution in [0.3, 0.4) is 0 Å². The van der Waals surface area contributed by atoms with Crippen LogP contribution in [0.5, 0.6) is 5.75 Å². The highest BCUT2D eigenvalue weighted by Gasteiger charge is 2.41. The van der Waals surface area contributed by atoms with Crippen LogP contribution in [0.25, 0.3) is 11.3 Å².